The topological polar surface area (TPSA) is 21.3 Å². The van der Waals surface area contributed by atoms with Crippen molar-refractivity contribution < 1.29 is 9.13 Å². The van der Waals surface area contributed by atoms with Crippen molar-refractivity contribution in [2.75, 3.05) is 20.2 Å². The van der Waals surface area contributed by atoms with Crippen LogP contribution in [-0.2, 0) is 0 Å². The van der Waals surface area contributed by atoms with Crippen LogP contribution in [0.3, 0.4) is 0 Å². The smallest absolute Gasteiger partial charge is 0.165 e. The van der Waals surface area contributed by atoms with Crippen LogP contribution in [0.15, 0.2) is 18.2 Å². The third kappa shape index (κ3) is 2.74. The lowest BCUT2D eigenvalue weighted by atomic mass is 9.91. The van der Waals surface area contributed by atoms with E-state index in [4.69, 9.17) is 4.74 Å². The Bertz CT molecular complexity index is 340. The van der Waals surface area contributed by atoms with E-state index in [9.17, 15) is 4.39 Å². The average molecular weight is 290 g/mol. The van der Waals surface area contributed by atoms with Crippen molar-refractivity contribution in [1.82, 2.24) is 5.32 Å². The number of ether oxygens (including phenoxy) is 1. The number of hydrogen-bond acceptors (Lipinski definition) is 2. The van der Waals surface area contributed by atoms with E-state index >= 15 is 0 Å². The quantitative estimate of drug-likeness (QED) is 0.904. The molecule has 2 rings (SSSR count). The van der Waals surface area contributed by atoms with Crippen molar-refractivity contribution in [1.29, 1.82) is 0 Å². The maximum atomic E-state index is 13.5. The summed E-state index contributed by atoms with van der Waals surface area (Å²) in [6.45, 7) is 1.98. The molecule has 0 radical (unpaired) electrons. The Kier molecular flexibility index (Phi) is 5.22. The summed E-state index contributed by atoms with van der Waals surface area (Å²) in [6, 6.07) is 5.15. The second-order valence-corrected chi connectivity index (χ2v) is 3.91. The minimum Gasteiger partial charge on any atom is -0.493 e. The Morgan fingerprint density at radius 1 is 1.44 bits per heavy atom. The van der Waals surface area contributed by atoms with Gasteiger partial charge < -0.3 is 10.1 Å². The molecule has 16 heavy (non-hydrogen) atoms. The summed E-state index contributed by atoms with van der Waals surface area (Å²) in [5.41, 5.74) is 0.990. The van der Waals surface area contributed by atoms with Crippen molar-refractivity contribution >= 4 is 17.0 Å². The van der Waals surface area contributed by atoms with Crippen LogP contribution in [0.5, 0.6) is 5.75 Å². The van der Waals surface area contributed by atoms with Crippen LogP contribution in [0.2, 0.25) is 0 Å². The molecular weight excluding hydrogens is 273 g/mol. The zero-order valence-electron chi connectivity index (χ0n) is 9.33. The molecule has 1 atom stereocenters. The first-order valence-electron chi connectivity index (χ1n) is 5.36. The van der Waals surface area contributed by atoms with Crippen LogP contribution in [-0.4, -0.2) is 20.2 Å². The number of nitrogens with one attached hydrogen (secondary N) is 1. The summed E-state index contributed by atoms with van der Waals surface area (Å²) < 4.78 is 18.6. The third-order valence-electron chi connectivity index (χ3n) is 2.94. The molecule has 0 aliphatic carbocycles. The molecule has 1 unspecified atom stereocenters. The Morgan fingerprint density at radius 2 is 2.25 bits per heavy atom. The predicted molar refractivity (Wildman–Crippen MR) is 68.1 cm³/mol. The minimum atomic E-state index is -0.263. The maximum Gasteiger partial charge on any atom is 0.165 e. The summed E-state index contributed by atoms with van der Waals surface area (Å²) in [6.07, 6.45) is 2.25. The van der Waals surface area contributed by atoms with E-state index in [0.29, 0.717) is 11.7 Å². The Morgan fingerprint density at radius 3 is 2.88 bits per heavy atom. The zero-order valence-corrected chi connectivity index (χ0v) is 11.0. The standard InChI is InChI=1S/C12H16FNO.BrH/c1-15-12-10(5-2-6-11(12)13)9-4-3-7-14-8-9;/h2,5-6,9,14H,3-4,7-8H2,1H3;1H. The van der Waals surface area contributed by atoms with Crippen molar-refractivity contribution in [3.05, 3.63) is 29.6 Å². The summed E-state index contributed by atoms with van der Waals surface area (Å²) in [4.78, 5) is 0. The fourth-order valence-electron chi connectivity index (χ4n) is 2.18. The van der Waals surface area contributed by atoms with Gasteiger partial charge in [-0.1, -0.05) is 12.1 Å². The van der Waals surface area contributed by atoms with Crippen LogP contribution >= 0.6 is 17.0 Å². The van der Waals surface area contributed by atoms with Gasteiger partial charge in [0.05, 0.1) is 7.11 Å². The second kappa shape index (κ2) is 6.21. The molecule has 0 spiro atoms. The van der Waals surface area contributed by atoms with Crippen LogP contribution in [0.25, 0.3) is 0 Å². The van der Waals surface area contributed by atoms with Gasteiger partial charge in [0.2, 0.25) is 0 Å². The molecule has 0 saturated carbocycles. The minimum absolute atomic E-state index is 0. The van der Waals surface area contributed by atoms with Gasteiger partial charge in [-0.25, -0.2) is 4.39 Å². The second-order valence-electron chi connectivity index (χ2n) is 3.91. The molecule has 0 aromatic heterocycles. The molecular formula is C12H17BrFNO. The lowest BCUT2D eigenvalue weighted by Crippen LogP contribution is -2.28. The Labute approximate surface area is 106 Å². The number of methoxy groups -OCH3 is 1. The fraction of sp³-hybridized carbons (Fsp3) is 0.500. The van der Waals surface area contributed by atoms with E-state index in [0.717, 1.165) is 31.5 Å². The zero-order chi connectivity index (χ0) is 10.7. The van der Waals surface area contributed by atoms with Crippen molar-refractivity contribution in [2.24, 2.45) is 0 Å². The molecule has 1 heterocycles. The van der Waals surface area contributed by atoms with Gasteiger partial charge in [-0.15, -0.1) is 17.0 Å². The molecule has 1 aromatic carbocycles. The molecule has 90 valence electrons. The lowest BCUT2D eigenvalue weighted by Gasteiger charge is -2.24. The first kappa shape index (κ1) is 13.5. The first-order chi connectivity index (χ1) is 7.33. The summed E-state index contributed by atoms with van der Waals surface area (Å²) in [5.74, 6) is 0.524. The molecule has 1 aliphatic rings. The number of hydrogen-bond donors (Lipinski definition) is 1. The molecule has 1 N–H and O–H groups in total. The largest absolute Gasteiger partial charge is 0.493 e. The SMILES string of the molecule is Br.COc1c(F)cccc1C1CCCNC1. The van der Waals surface area contributed by atoms with Gasteiger partial charge >= 0.3 is 0 Å². The van der Waals surface area contributed by atoms with Crippen LogP contribution in [0.4, 0.5) is 4.39 Å². The van der Waals surface area contributed by atoms with Crippen molar-refractivity contribution in [2.45, 2.75) is 18.8 Å². The molecule has 1 fully saturated rings. The van der Waals surface area contributed by atoms with Crippen molar-refractivity contribution in [3.63, 3.8) is 0 Å². The van der Waals surface area contributed by atoms with Gasteiger partial charge in [0.15, 0.2) is 11.6 Å². The molecule has 4 heteroatoms. The highest BCUT2D eigenvalue weighted by Gasteiger charge is 2.20. The highest BCUT2D eigenvalue weighted by atomic mass is 79.9. The van der Waals surface area contributed by atoms with Gasteiger partial charge in [0.25, 0.3) is 0 Å². The van der Waals surface area contributed by atoms with E-state index in [-0.39, 0.29) is 22.8 Å². The third-order valence-corrected chi connectivity index (χ3v) is 2.94. The fourth-order valence-corrected chi connectivity index (χ4v) is 2.18. The molecule has 0 bridgehead atoms. The number of halogens is 2. The number of benzene rings is 1. The van der Waals surface area contributed by atoms with Crippen LogP contribution in [0, 0.1) is 5.82 Å². The Hall–Kier alpha value is -0.610. The molecule has 1 aromatic rings. The monoisotopic (exact) mass is 289 g/mol. The first-order valence-corrected chi connectivity index (χ1v) is 5.36. The van der Waals surface area contributed by atoms with Gasteiger partial charge in [0.1, 0.15) is 0 Å². The van der Waals surface area contributed by atoms with Gasteiger partial charge in [0, 0.05) is 18.0 Å². The van der Waals surface area contributed by atoms with Crippen molar-refractivity contribution in [3.8, 4) is 5.75 Å². The van der Waals surface area contributed by atoms with E-state index in [1.54, 1.807) is 6.07 Å². The highest BCUT2D eigenvalue weighted by Crippen LogP contribution is 2.32. The van der Waals surface area contributed by atoms with E-state index in [1.165, 1.54) is 13.2 Å². The number of para-hydroxylation sites is 1. The summed E-state index contributed by atoms with van der Waals surface area (Å²) in [7, 11) is 1.53. The Balaban J connectivity index is 0.00000128. The molecule has 1 saturated heterocycles. The molecule has 0 amide bonds. The van der Waals surface area contributed by atoms with E-state index in [1.807, 2.05) is 6.07 Å². The molecule has 1 aliphatic heterocycles. The average Bonchev–Trinajstić information content (AvgIpc) is 2.30. The highest BCUT2D eigenvalue weighted by molar-refractivity contribution is 8.93. The van der Waals surface area contributed by atoms with Gasteiger partial charge in [-0.05, 0) is 25.5 Å². The van der Waals surface area contributed by atoms with E-state index in [2.05, 4.69) is 5.32 Å². The van der Waals surface area contributed by atoms with Gasteiger partial charge in [-0.2, -0.15) is 0 Å². The molecule has 2 nitrogen and oxygen atoms in total. The summed E-state index contributed by atoms with van der Waals surface area (Å²) >= 11 is 0. The van der Waals surface area contributed by atoms with Crippen LogP contribution in [0.1, 0.15) is 24.3 Å². The van der Waals surface area contributed by atoms with Gasteiger partial charge in [-0.3, -0.25) is 0 Å². The normalized spacial score (nSPS) is 20.0. The maximum absolute atomic E-state index is 13.5. The van der Waals surface area contributed by atoms with E-state index < -0.39 is 0 Å². The van der Waals surface area contributed by atoms with Crippen LogP contribution < -0.4 is 10.1 Å². The number of piperidine rings is 1. The summed E-state index contributed by atoms with van der Waals surface area (Å²) in [5, 5.41) is 3.33. The number of rotatable bonds is 2. The predicted octanol–water partition coefficient (Wildman–Crippen LogP) is 2.88. The lowest BCUT2D eigenvalue weighted by molar-refractivity contribution is 0.368.